The third-order valence-corrected chi connectivity index (χ3v) is 5.36. The Morgan fingerprint density at radius 2 is 1.94 bits per heavy atom. The third kappa shape index (κ3) is 4.62. The van der Waals surface area contributed by atoms with E-state index >= 15 is 0 Å². The lowest BCUT2D eigenvalue weighted by molar-refractivity contribution is 0.276. The monoisotopic (exact) mass is 461 g/mol. The zero-order valence-electron chi connectivity index (χ0n) is 17.7. The summed E-state index contributed by atoms with van der Waals surface area (Å²) in [5.74, 6) is 0.588. The van der Waals surface area contributed by atoms with E-state index in [0.29, 0.717) is 28.4 Å². The minimum absolute atomic E-state index is 0.110. The highest BCUT2D eigenvalue weighted by Crippen LogP contribution is 2.30. The number of aromatic nitrogens is 4. The van der Waals surface area contributed by atoms with Gasteiger partial charge in [-0.25, -0.2) is 15.0 Å². The second-order valence-corrected chi connectivity index (χ2v) is 7.60. The summed E-state index contributed by atoms with van der Waals surface area (Å²) in [5, 5.41) is 26.3. The molecule has 0 spiro atoms. The first-order chi connectivity index (χ1) is 16.0. The number of hydrogen-bond acceptors (Lipinski definition) is 8. The van der Waals surface area contributed by atoms with E-state index in [-0.39, 0.29) is 35.5 Å². The van der Waals surface area contributed by atoms with E-state index in [9.17, 15) is 15.2 Å². The Balaban J connectivity index is 1.80. The minimum atomic E-state index is -0.261. The molecular formula is C23H20ClN7O2. The summed E-state index contributed by atoms with van der Waals surface area (Å²) < 4.78 is 1.51. The lowest BCUT2D eigenvalue weighted by Crippen LogP contribution is -2.23. The second-order valence-electron chi connectivity index (χ2n) is 7.24. The molecule has 0 bridgehead atoms. The Labute approximate surface area is 194 Å². The van der Waals surface area contributed by atoms with Crippen molar-refractivity contribution in [3.8, 4) is 6.07 Å². The van der Waals surface area contributed by atoms with Crippen LogP contribution in [0.5, 0.6) is 0 Å². The normalized spacial score (nSPS) is 11.7. The zero-order chi connectivity index (χ0) is 23.4. The lowest BCUT2D eigenvalue weighted by atomic mass is 10.1. The van der Waals surface area contributed by atoms with Gasteiger partial charge in [-0.2, -0.15) is 5.26 Å². The van der Waals surface area contributed by atoms with E-state index in [1.165, 1.54) is 16.8 Å². The number of anilines is 3. The van der Waals surface area contributed by atoms with Gasteiger partial charge in [0.2, 0.25) is 0 Å². The number of nitrogens with one attached hydrogen (secondary N) is 2. The molecule has 1 atom stereocenters. The van der Waals surface area contributed by atoms with Crippen molar-refractivity contribution in [2.75, 3.05) is 17.2 Å². The average molecular weight is 462 g/mol. The average Bonchev–Trinajstić information content (AvgIpc) is 2.82. The van der Waals surface area contributed by atoms with Crippen LogP contribution >= 0.6 is 11.6 Å². The van der Waals surface area contributed by atoms with Gasteiger partial charge >= 0.3 is 0 Å². The molecule has 1 aromatic carbocycles. The van der Waals surface area contributed by atoms with E-state index in [1.807, 2.05) is 13.0 Å². The Hall–Kier alpha value is -4.00. The minimum Gasteiger partial charge on any atom is -0.395 e. The SMILES string of the molecule is CC(Nc1cc(=O)n(CCO)c2ccc(Nc3ccnc(Cl)c3C#N)cc12)c1ncccn1. The van der Waals surface area contributed by atoms with Crippen molar-refractivity contribution in [2.45, 2.75) is 19.5 Å². The van der Waals surface area contributed by atoms with Gasteiger partial charge < -0.3 is 20.3 Å². The van der Waals surface area contributed by atoms with Gasteiger partial charge in [0.05, 0.1) is 23.9 Å². The molecule has 1 unspecified atom stereocenters. The highest BCUT2D eigenvalue weighted by atomic mass is 35.5. The van der Waals surface area contributed by atoms with Crippen LogP contribution in [0.1, 0.15) is 24.4 Å². The molecule has 9 nitrogen and oxygen atoms in total. The van der Waals surface area contributed by atoms with Gasteiger partial charge in [0, 0.05) is 48.0 Å². The van der Waals surface area contributed by atoms with Gasteiger partial charge in [-0.15, -0.1) is 0 Å². The van der Waals surface area contributed by atoms with Crippen molar-refractivity contribution >= 4 is 39.6 Å². The largest absolute Gasteiger partial charge is 0.395 e. The van der Waals surface area contributed by atoms with Crippen molar-refractivity contribution in [3.63, 3.8) is 0 Å². The summed E-state index contributed by atoms with van der Waals surface area (Å²) in [6.45, 7) is 1.90. The van der Waals surface area contributed by atoms with E-state index in [4.69, 9.17) is 11.6 Å². The first-order valence-corrected chi connectivity index (χ1v) is 10.5. The van der Waals surface area contributed by atoms with Crippen LogP contribution in [0.4, 0.5) is 17.1 Å². The van der Waals surface area contributed by atoms with Crippen LogP contribution in [0.25, 0.3) is 10.9 Å². The van der Waals surface area contributed by atoms with Crippen molar-refractivity contribution in [1.82, 2.24) is 19.5 Å². The maximum absolute atomic E-state index is 12.8. The van der Waals surface area contributed by atoms with E-state index in [2.05, 4.69) is 31.7 Å². The molecule has 3 aromatic heterocycles. The quantitative estimate of drug-likeness (QED) is 0.356. The lowest BCUT2D eigenvalue weighted by Gasteiger charge is -2.19. The summed E-state index contributed by atoms with van der Waals surface area (Å²) in [4.78, 5) is 25.3. The van der Waals surface area contributed by atoms with E-state index < -0.39 is 0 Å². The molecule has 4 aromatic rings. The van der Waals surface area contributed by atoms with Crippen LogP contribution in [0.3, 0.4) is 0 Å². The van der Waals surface area contributed by atoms with E-state index in [0.717, 1.165) is 5.39 Å². The molecule has 3 heterocycles. The number of halogens is 1. The topological polar surface area (TPSA) is 129 Å². The second kappa shape index (κ2) is 9.65. The highest BCUT2D eigenvalue weighted by Gasteiger charge is 2.15. The Kier molecular flexibility index (Phi) is 6.49. The summed E-state index contributed by atoms with van der Waals surface area (Å²) in [6.07, 6.45) is 4.83. The molecule has 0 fully saturated rings. The van der Waals surface area contributed by atoms with Crippen molar-refractivity contribution in [1.29, 1.82) is 5.26 Å². The number of nitrogens with zero attached hydrogens (tertiary/aromatic N) is 5. The number of hydrogen-bond donors (Lipinski definition) is 3. The molecule has 0 amide bonds. The van der Waals surface area contributed by atoms with Crippen LogP contribution < -0.4 is 16.2 Å². The summed E-state index contributed by atoms with van der Waals surface area (Å²) in [5.41, 5.74) is 2.44. The Morgan fingerprint density at radius 3 is 2.67 bits per heavy atom. The molecule has 4 rings (SSSR count). The third-order valence-electron chi connectivity index (χ3n) is 5.08. The van der Waals surface area contributed by atoms with Crippen molar-refractivity contribution < 1.29 is 5.11 Å². The molecule has 0 aliphatic heterocycles. The smallest absolute Gasteiger partial charge is 0.253 e. The zero-order valence-corrected chi connectivity index (χ0v) is 18.4. The highest BCUT2D eigenvalue weighted by molar-refractivity contribution is 6.31. The molecule has 0 aliphatic carbocycles. The van der Waals surface area contributed by atoms with Gasteiger partial charge in [-0.1, -0.05) is 11.6 Å². The van der Waals surface area contributed by atoms with Crippen molar-refractivity contribution in [2.24, 2.45) is 0 Å². The Morgan fingerprint density at radius 1 is 1.15 bits per heavy atom. The fraction of sp³-hybridized carbons (Fsp3) is 0.174. The number of aliphatic hydroxyl groups is 1. The van der Waals surface area contributed by atoms with Gasteiger partial charge in [0.15, 0.2) is 0 Å². The fourth-order valence-electron chi connectivity index (χ4n) is 3.55. The molecule has 0 saturated heterocycles. The van der Waals surface area contributed by atoms with Gasteiger partial charge in [-0.05, 0) is 37.3 Å². The number of rotatable bonds is 7. The summed E-state index contributed by atoms with van der Waals surface area (Å²) in [7, 11) is 0. The number of aliphatic hydroxyl groups excluding tert-OH is 1. The fourth-order valence-corrected chi connectivity index (χ4v) is 3.75. The first-order valence-electron chi connectivity index (χ1n) is 10.2. The van der Waals surface area contributed by atoms with Crippen LogP contribution in [-0.2, 0) is 6.54 Å². The summed E-state index contributed by atoms with van der Waals surface area (Å²) in [6, 6.07) is 12.1. The molecule has 166 valence electrons. The number of pyridine rings is 2. The molecular weight excluding hydrogens is 442 g/mol. The maximum atomic E-state index is 12.8. The van der Waals surface area contributed by atoms with Crippen LogP contribution in [0, 0.1) is 11.3 Å². The predicted molar refractivity (Wildman–Crippen MR) is 127 cm³/mol. The number of benzene rings is 1. The number of fused-ring (bicyclic) bond motifs is 1. The van der Waals surface area contributed by atoms with Gasteiger partial charge in [0.1, 0.15) is 22.6 Å². The molecule has 33 heavy (non-hydrogen) atoms. The first kappa shape index (κ1) is 22.2. The summed E-state index contributed by atoms with van der Waals surface area (Å²) >= 11 is 6.05. The number of nitriles is 1. The van der Waals surface area contributed by atoms with Crippen LogP contribution in [0.15, 0.2) is 59.8 Å². The van der Waals surface area contributed by atoms with E-state index in [1.54, 1.807) is 36.7 Å². The standard InChI is InChI=1S/C23H20ClN7O2/c1-14(23-27-6-2-7-28-23)29-19-12-21(33)31(9-10-32)20-4-3-15(11-16(19)20)30-18-5-8-26-22(24)17(18)13-25/h2-8,11-12,14,29,32H,9-10H2,1H3,(H,26,30). The molecule has 3 N–H and O–H groups in total. The molecule has 0 aliphatic rings. The maximum Gasteiger partial charge on any atom is 0.253 e. The van der Waals surface area contributed by atoms with Crippen LogP contribution in [-0.4, -0.2) is 31.2 Å². The van der Waals surface area contributed by atoms with Gasteiger partial charge in [0.25, 0.3) is 5.56 Å². The Bertz CT molecular complexity index is 1400. The van der Waals surface area contributed by atoms with Crippen molar-refractivity contribution in [3.05, 3.63) is 81.9 Å². The molecule has 0 saturated carbocycles. The van der Waals surface area contributed by atoms with Gasteiger partial charge in [-0.3, -0.25) is 4.79 Å². The molecule has 0 radical (unpaired) electrons. The predicted octanol–water partition coefficient (Wildman–Crippen LogP) is 3.62. The molecule has 10 heteroatoms. The van der Waals surface area contributed by atoms with Crippen LogP contribution in [0.2, 0.25) is 5.15 Å².